The van der Waals surface area contributed by atoms with Gasteiger partial charge in [0.25, 0.3) is 0 Å². The molecule has 0 aliphatic carbocycles. The van der Waals surface area contributed by atoms with Crippen LogP contribution in [0.15, 0.2) is 65.8 Å². The summed E-state index contributed by atoms with van der Waals surface area (Å²) in [6, 6.07) is 17.4. The van der Waals surface area contributed by atoms with Gasteiger partial charge in [0.15, 0.2) is 5.16 Å². The van der Waals surface area contributed by atoms with Crippen LogP contribution in [0.4, 0.5) is 13.2 Å². The minimum Gasteiger partial charge on any atom is -0.489 e. The maximum Gasteiger partial charge on any atom is 0.433 e. The Labute approximate surface area is 153 Å². The van der Waals surface area contributed by atoms with E-state index in [1.54, 1.807) is 30.5 Å². The lowest BCUT2D eigenvalue weighted by Gasteiger charge is -2.11. The molecule has 0 saturated carbocycles. The van der Waals surface area contributed by atoms with Crippen molar-refractivity contribution in [3.05, 3.63) is 71.9 Å². The molecule has 0 radical (unpaired) electrons. The summed E-state index contributed by atoms with van der Waals surface area (Å²) >= 11 is 1.07. The minimum atomic E-state index is -4.52. The molecule has 3 rings (SSSR count). The molecule has 1 heterocycles. The van der Waals surface area contributed by atoms with E-state index in [1.807, 2.05) is 30.3 Å². The molecule has 0 saturated heterocycles. The highest BCUT2D eigenvalue weighted by Crippen LogP contribution is 2.32. The highest BCUT2D eigenvalue weighted by molar-refractivity contribution is 7.98. The first-order chi connectivity index (χ1) is 12.5. The number of thioether (sulfide) groups is 1. The summed E-state index contributed by atoms with van der Waals surface area (Å²) < 4.78 is 44.9. The first-order valence-corrected chi connectivity index (χ1v) is 8.95. The van der Waals surface area contributed by atoms with E-state index in [9.17, 15) is 13.2 Å². The molecule has 0 amide bonds. The number of hydrogen-bond donors (Lipinski definition) is 0. The van der Waals surface area contributed by atoms with Crippen LogP contribution in [0.2, 0.25) is 0 Å². The van der Waals surface area contributed by atoms with Crippen LogP contribution in [-0.4, -0.2) is 16.2 Å². The maximum atomic E-state index is 13.1. The van der Waals surface area contributed by atoms with E-state index in [2.05, 4.69) is 9.97 Å². The van der Waals surface area contributed by atoms with Crippen LogP contribution in [0.1, 0.15) is 11.3 Å². The molecule has 0 bridgehead atoms. The molecule has 0 spiro atoms. The number of nitrogens with zero attached hydrogens (tertiary/aromatic N) is 2. The zero-order chi connectivity index (χ0) is 18.6. The molecule has 26 heavy (non-hydrogen) atoms. The van der Waals surface area contributed by atoms with Crippen molar-refractivity contribution >= 4 is 11.8 Å². The van der Waals surface area contributed by atoms with Crippen LogP contribution < -0.4 is 4.74 Å². The molecule has 0 unspecified atom stereocenters. The van der Waals surface area contributed by atoms with Gasteiger partial charge >= 0.3 is 6.18 Å². The lowest BCUT2D eigenvalue weighted by Crippen LogP contribution is -2.10. The molecular weight excluding hydrogens is 361 g/mol. The van der Waals surface area contributed by atoms with Crippen LogP contribution in [-0.2, 0) is 12.8 Å². The van der Waals surface area contributed by atoms with Gasteiger partial charge in [0.05, 0.1) is 5.69 Å². The number of hydrogen-bond acceptors (Lipinski definition) is 4. The van der Waals surface area contributed by atoms with E-state index in [0.717, 1.165) is 23.4 Å². The van der Waals surface area contributed by atoms with Crippen molar-refractivity contribution < 1.29 is 17.9 Å². The topological polar surface area (TPSA) is 35.0 Å². The third-order valence-electron chi connectivity index (χ3n) is 3.56. The second-order valence-corrected chi connectivity index (χ2v) is 6.20. The largest absolute Gasteiger partial charge is 0.489 e. The number of aromatic nitrogens is 2. The van der Waals surface area contributed by atoms with Crippen molar-refractivity contribution in [3.63, 3.8) is 0 Å². The zero-order valence-corrected chi connectivity index (χ0v) is 14.6. The number of alkyl halides is 3. The molecule has 0 atom stereocenters. The van der Waals surface area contributed by atoms with Crippen LogP contribution in [0.3, 0.4) is 0 Å². The number of benzene rings is 2. The smallest absolute Gasteiger partial charge is 0.433 e. The first kappa shape index (κ1) is 18.3. The second-order valence-electron chi connectivity index (χ2n) is 5.42. The molecule has 7 heteroatoms. The summed E-state index contributed by atoms with van der Waals surface area (Å²) in [7, 11) is 0. The van der Waals surface area contributed by atoms with Gasteiger partial charge in [-0.2, -0.15) is 13.2 Å². The van der Waals surface area contributed by atoms with Crippen molar-refractivity contribution in [1.82, 2.24) is 9.97 Å². The fourth-order valence-corrected chi connectivity index (χ4v) is 2.67. The van der Waals surface area contributed by atoms with Crippen molar-refractivity contribution in [2.75, 3.05) is 6.26 Å². The van der Waals surface area contributed by atoms with Crippen molar-refractivity contribution in [1.29, 1.82) is 0 Å². The zero-order valence-electron chi connectivity index (χ0n) is 13.8. The second kappa shape index (κ2) is 7.78. The van der Waals surface area contributed by atoms with E-state index >= 15 is 0 Å². The first-order valence-electron chi connectivity index (χ1n) is 7.73. The third-order valence-corrected chi connectivity index (χ3v) is 4.10. The standard InChI is InChI=1S/C19H15F3N2OS/c1-26-18-23-16(11-17(24-18)19(20,21)22)14-8-5-9-15(10-14)25-12-13-6-3-2-4-7-13/h2-11H,12H2,1H3. The number of halogens is 3. The summed E-state index contributed by atoms with van der Waals surface area (Å²) in [5.41, 5.74) is 0.798. The van der Waals surface area contributed by atoms with Crippen molar-refractivity contribution in [3.8, 4) is 17.0 Å². The molecule has 0 N–H and O–H groups in total. The van der Waals surface area contributed by atoms with E-state index < -0.39 is 11.9 Å². The van der Waals surface area contributed by atoms with Gasteiger partial charge in [0, 0.05) is 5.56 Å². The minimum absolute atomic E-state index is 0.0745. The van der Waals surface area contributed by atoms with Gasteiger partial charge in [-0.25, -0.2) is 9.97 Å². The third kappa shape index (κ3) is 4.54. The molecular formula is C19H15F3N2OS. The normalized spacial score (nSPS) is 11.4. The Morgan fingerprint density at radius 1 is 0.962 bits per heavy atom. The van der Waals surface area contributed by atoms with Crippen LogP contribution in [0.25, 0.3) is 11.3 Å². The number of rotatable bonds is 5. The van der Waals surface area contributed by atoms with Gasteiger partial charge in [-0.15, -0.1) is 0 Å². The lowest BCUT2D eigenvalue weighted by atomic mass is 10.1. The van der Waals surface area contributed by atoms with E-state index in [1.165, 1.54) is 0 Å². The fraction of sp³-hybridized carbons (Fsp3) is 0.158. The predicted molar refractivity (Wildman–Crippen MR) is 95.0 cm³/mol. The highest BCUT2D eigenvalue weighted by atomic mass is 32.2. The molecule has 1 aromatic heterocycles. The SMILES string of the molecule is CSc1nc(-c2cccc(OCc3ccccc3)c2)cc(C(F)(F)F)n1. The van der Waals surface area contributed by atoms with Gasteiger partial charge in [0.2, 0.25) is 0 Å². The lowest BCUT2D eigenvalue weighted by molar-refractivity contribution is -0.141. The summed E-state index contributed by atoms with van der Waals surface area (Å²) in [6.45, 7) is 0.373. The summed E-state index contributed by atoms with van der Waals surface area (Å²) in [4.78, 5) is 7.73. The Bertz CT molecular complexity index is 885. The Morgan fingerprint density at radius 3 is 2.42 bits per heavy atom. The highest BCUT2D eigenvalue weighted by Gasteiger charge is 2.33. The summed E-state index contributed by atoms with van der Waals surface area (Å²) in [5, 5.41) is 0.0745. The molecule has 3 nitrogen and oxygen atoms in total. The summed E-state index contributed by atoms with van der Waals surface area (Å²) in [5.74, 6) is 0.559. The average molecular weight is 376 g/mol. The average Bonchev–Trinajstić information content (AvgIpc) is 2.66. The number of ether oxygens (including phenoxy) is 1. The molecule has 134 valence electrons. The van der Waals surface area contributed by atoms with E-state index in [-0.39, 0.29) is 10.9 Å². The van der Waals surface area contributed by atoms with E-state index in [0.29, 0.717) is 17.9 Å². The van der Waals surface area contributed by atoms with Crippen LogP contribution in [0, 0.1) is 0 Å². The van der Waals surface area contributed by atoms with Gasteiger partial charge in [-0.05, 0) is 30.0 Å². The molecule has 0 aliphatic heterocycles. The van der Waals surface area contributed by atoms with E-state index in [4.69, 9.17) is 4.74 Å². The molecule has 3 aromatic rings. The van der Waals surface area contributed by atoms with Crippen LogP contribution in [0.5, 0.6) is 5.75 Å². The molecule has 0 aliphatic rings. The maximum absolute atomic E-state index is 13.1. The van der Waals surface area contributed by atoms with Gasteiger partial charge in [0.1, 0.15) is 18.1 Å². The van der Waals surface area contributed by atoms with Gasteiger partial charge in [-0.1, -0.05) is 54.2 Å². The monoisotopic (exact) mass is 376 g/mol. The Morgan fingerprint density at radius 2 is 1.73 bits per heavy atom. The Kier molecular flexibility index (Phi) is 5.46. The predicted octanol–water partition coefficient (Wildman–Crippen LogP) is 5.46. The van der Waals surface area contributed by atoms with Gasteiger partial charge < -0.3 is 4.74 Å². The molecule has 0 fully saturated rings. The quantitative estimate of drug-likeness (QED) is 0.437. The Hall–Kier alpha value is -2.54. The van der Waals surface area contributed by atoms with Crippen LogP contribution >= 0.6 is 11.8 Å². The summed E-state index contributed by atoms with van der Waals surface area (Å²) in [6.07, 6.45) is -2.89. The Balaban J connectivity index is 1.88. The molecule has 2 aromatic carbocycles. The van der Waals surface area contributed by atoms with Crippen molar-refractivity contribution in [2.45, 2.75) is 17.9 Å². The van der Waals surface area contributed by atoms with Gasteiger partial charge in [-0.3, -0.25) is 0 Å². The van der Waals surface area contributed by atoms with Crippen molar-refractivity contribution in [2.24, 2.45) is 0 Å². The fourth-order valence-electron chi connectivity index (χ4n) is 2.30.